The Morgan fingerprint density at radius 1 is 0.923 bits per heavy atom. The first-order valence-corrected chi connectivity index (χ1v) is 18.9. The van der Waals surface area contributed by atoms with E-state index < -0.39 is 11.9 Å². The lowest BCUT2D eigenvalue weighted by Gasteiger charge is -2.19. The molecular weight excluding hydrogens is 656 g/mol. The van der Waals surface area contributed by atoms with Crippen LogP contribution in [0.25, 0.3) is 33.6 Å². The first-order valence-electron chi connectivity index (χ1n) is 18.9. The summed E-state index contributed by atoms with van der Waals surface area (Å²) in [5.74, 6) is -1.43. The molecule has 10 heteroatoms. The molecule has 2 aliphatic heterocycles. The van der Waals surface area contributed by atoms with Gasteiger partial charge in [0.2, 0.25) is 0 Å². The van der Waals surface area contributed by atoms with Crippen LogP contribution in [-0.4, -0.2) is 55.8 Å². The molecule has 4 N–H and O–H groups in total. The van der Waals surface area contributed by atoms with E-state index in [0.717, 1.165) is 75.7 Å². The van der Waals surface area contributed by atoms with Gasteiger partial charge < -0.3 is 29.7 Å². The van der Waals surface area contributed by atoms with E-state index in [1.807, 2.05) is 26.0 Å². The number of fused-ring (bicyclic) bond motifs is 8. The fourth-order valence-electron chi connectivity index (χ4n) is 8.72. The van der Waals surface area contributed by atoms with Crippen molar-refractivity contribution < 1.29 is 29.3 Å². The summed E-state index contributed by atoms with van der Waals surface area (Å²) in [5, 5.41) is 24.0. The number of methoxy groups -OCH3 is 1. The first kappa shape index (κ1) is 37.2. The van der Waals surface area contributed by atoms with Crippen molar-refractivity contribution in [1.29, 1.82) is 0 Å². The van der Waals surface area contributed by atoms with Crippen LogP contribution in [0.3, 0.4) is 0 Å². The van der Waals surface area contributed by atoms with Gasteiger partial charge in [0, 0.05) is 74.2 Å². The molecule has 0 aromatic carbocycles. The number of aliphatic hydroxyl groups is 2. The van der Waals surface area contributed by atoms with Gasteiger partial charge in [0.25, 0.3) is 0 Å². The third-order valence-corrected chi connectivity index (χ3v) is 11.8. The van der Waals surface area contributed by atoms with Crippen LogP contribution in [0, 0.1) is 19.8 Å². The quantitative estimate of drug-likeness (QED) is 0.155. The highest BCUT2D eigenvalue weighted by atomic mass is 16.5. The molecule has 3 aromatic heterocycles. The predicted octanol–water partition coefficient (Wildman–Crippen LogP) is 7.89. The van der Waals surface area contributed by atoms with Crippen LogP contribution in [0.15, 0.2) is 18.2 Å². The minimum Gasteiger partial charge on any atom is -0.512 e. The number of esters is 2. The van der Waals surface area contributed by atoms with Gasteiger partial charge in [0.15, 0.2) is 0 Å². The van der Waals surface area contributed by atoms with E-state index in [9.17, 15) is 19.8 Å². The molecule has 278 valence electrons. The van der Waals surface area contributed by atoms with Crippen molar-refractivity contribution in [1.82, 2.24) is 19.9 Å². The number of hydrogen-bond acceptors (Lipinski definition) is 8. The number of aromatic amines is 2. The van der Waals surface area contributed by atoms with Crippen LogP contribution < -0.4 is 10.4 Å². The molecular formula is C42H54N4O6. The number of ether oxygens (including phenoxy) is 2. The molecule has 1 aliphatic carbocycles. The SMILES string of the molecule is CCCC(C)CCOC(=O)CC[C@@H]1c2nc(cc3[nH]c(cc4nc(cc5[nH]c6c2[C@@H](C(=O)OC)C(O)=c6c5C)[C@H](CC)[C@H]4C)/c(=C(\C)O)c3C)[C@H]1C. The Hall–Kier alpha value is -4.60. The largest absolute Gasteiger partial charge is 0.512 e. The lowest BCUT2D eigenvalue weighted by atomic mass is 9.84. The third-order valence-electron chi connectivity index (χ3n) is 11.8. The molecule has 0 spiro atoms. The van der Waals surface area contributed by atoms with Gasteiger partial charge in [-0.2, -0.15) is 0 Å². The number of hydrogen-bond donors (Lipinski definition) is 4. The number of carbonyl (C=O) groups excluding carboxylic acids is 2. The minimum atomic E-state index is -1.07. The van der Waals surface area contributed by atoms with Crippen molar-refractivity contribution in [3.63, 3.8) is 0 Å². The van der Waals surface area contributed by atoms with Crippen LogP contribution in [0.1, 0.15) is 149 Å². The van der Waals surface area contributed by atoms with Crippen LogP contribution in [-0.2, 0) is 19.1 Å². The van der Waals surface area contributed by atoms with Crippen LogP contribution in [0.2, 0.25) is 0 Å². The molecule has 3 aliphatic rings. The number of nitrogens with zero attached hydrogens (tertiary/aromatic N) is 2. The summed E-state index contributed by atoms with van der Waals surface area (Å²) >= 11 is 0. The lowest BCUT2D eigenvalue weighted by Crippen LogP contribution is -2.18. The van der Waals surface area contributed by atoms with Crippen LogP contribution in [0.4, 0.5) is 0 Å². The van der Waals surface area contributed by atoms with Crippen molar-refractivity contribution in [3.05, 3.63) is 68.1 Å². The number of nitrogens with one attached hydrogen (secondary N) is 2. The molecule has 5 heterocycles. The average Bonchev–Trinajstić information content (AvgIpc) is 3.84. The zero-order valence-corrected chi connectivity index (χ0v) is 32.1. The van der Waals surface area contributed by atoms with E-state index in [0.29, 0.717) is 40.9 Å². The maximum absolute atomic E-state index is 13.5. The molecule has 52 heavy (non-hydrogen) atoms. The van der Waals surface area contributed by atoms with E-state index >= 15 is 0 Å². The fourth-order valence-corrected chi connectivity index (χ4v) is 8.72. The number of carbonyl (C=O) groups is 2. The smallest absolute Gasteiger partial charge is 0.321 e. The Morgan fingerprint density at radius 2 is 1.58 bits per heavy atom. The second-order valence-electron chi connectivity index (χ2n) is 15.2. The first-order chi connectivity index (χ1) is 24.8. The second-order valence-corrected chi connectivity index (χ2v) is 15.2. The molecule has 6 rings (SSSR count). The zero-order valence-electron chi connectivity index (χ0n) is 32.1. The summed E-state index contributed by atoms with van der Waals surface area (Å²) in [6.07, 6.45) is 4.52. The number of aromatic nitrogens is 4. The Kier molecular flexibility index (Phi) is 10.6. The normalized spacial score (nSPS) is 22.0. The highest BCUT2D eigenvalue weighted by Gasteiger charge is 2.41. The van der Waals surface area contributed by atoms with Crippen molar-refractivity contribution in [2.75, 3.05) is 13.7 Å². The molecule has 0 saturated carbocycles. The summed E-state index contributed by atoms with van der Waals surface area (Å²) in [6.45, 7) is 16.7. The van der Waals surface area contributed by atoms with E-state index in [2.05, 4.69) is 50.7 Å². The molecule has 0 radical (unpaired) electrons. The van der Waals surface area contributed by atoms with Crippen molar-refractivity contribution in [3.8, 4) is 0 Å². The Labute approximate surface area is 305 Å². The molecule has 8 bridgehead atoms. The van der Waals surface area contributed by atoms with E-state index in [1.165, 1.54) is 7.11 Å². The Morgan fingerprint density at radius 3 is 2.25 bits per heavy atom. The number of aliphatic hydroxyl groups excluding tert-OH is 2. The van der Waals surface area contributed by atoms with E-state index in [1.54, 1.807) is 6.92 Å². The van der Waals surface area contributed by atoms with Gasteiger partial charge in [0.05, 0.1) is 36.2 Å². The maximum atomic E-state index is 13.5. The zero-order chi connectivity index (χ0) is 37.6. The number of aryl methyl sites for hydroxylation is 2. The summed E-state index contributed by atoms with van der Waals surface area (Å²) in [5.41, 5.74) is 8.50. The van der Waals surface area contributed by atoms with Crippen LogP contribution in [0.5, 0.6) is 0 Å². The number of H-pyrrole nitrogens is 2. The Balaban J connectivity index is 1.62. The highest BCUT2D eigenvalue weighted by molar-refractivity contribution is 5.96. The minimum absolute atomic E-state index is 0.0729. The van der Waals surface area contributed by atoms with Gasteiger partial charge in [-0.3, -0.25) is 19.6 Å². The summed E-state index contributed by atoms with van der Waals surface area (Å²) < 4.78 is 11.0. The van der Waals surface area contributed by atoms with Crippen molar-refractivity contribution >= 4 is 45.5 Å². The van der Waals surface area contributed by atoms with Crippen LogP contribution >= 0.6 is 0 Å². The van der Waals surface area contributed by atoms with Gasteiger partial charge in [-0.05, 0) is 75.3 Å². The second kappa shape index (κ2) is 14.8. The Bertz CT molecular complexity index is 2190. The molecule has 6 atom stereocenters. The average molecular weight is 711 g/mol. The molecule has 3 aromatic rings. The topological polar surface area (TPSA) is 150 Å². The van der Waals surface area contributed by atoms with Crippen molar-refractivity contribution in [2.45, 2.75) is 124 Å². The number of rotatable bonds is 10. The summed E-state index contributed by atoms with van der Waals surface area (Å²) in [6, 6.07) is 6.10. The monoisotopic (exact) mass is 710 g/mol. The van der Waals surface area contributed by atoms with Gasteiger partial charge >= 0.3 is 11.9 Å². The van der Waals surface area contributed by atoms with Gasteiger partial charge in [-0.15, -0.1) is 0 Å². The van der Waals surface area contributed by atoms with Crippen molar-refractivity contribution in [2.24, 2.45) is 5.92 Å². The summed E-state index contributed by atoms with van der Waals surface area (Å²) in [4.78, 5) is 44.1. The molecule has 10 nitrogen and oxygen atoms in total. The van der Waals surface area contributed by atoms with E-state index in [4.69, 9.17) is 19.4 Å². The summed E-state index contributed by atoms with van der Waals surface area (Å²) in [7, 11) is 1.32. The standard InChI is InChI=1S/C42H54N4O6/c1-10-12-20(3)15-16-52-34(48)14-13-27-22(5)29-17-30-23(6)35(25(8)47)33(44-30)19-28-21(4)26(11-2)32(43-28)18-31-24(7)36-40(46-31)37(39(27)45-29)38(41(36)49)42(50)51-9/h17-22,26-27,38,44,46-47,49H,10-16H2,1-9H3/b29-17?,32-18?,33-19?,35-25+/t20?,21-,22+,26-,27+,38-/m1/s1. The van der Waals surface area contributed by atoms with E-state index in [-0.39, 0.29) is 47.6 Å². The fraction of sp³-hybridized carbons (Fsp3) is 0.524. The molecule has 0 fully saturated rings. The highest BCUT2D eigenvalue weighted by Crippen LogP contribution is 2.46. The predicted molar refractivity (Wildman–Crippen MR) is 204 cm³/mol. The molecule has 0 amide bonds. The van der Waals surface area contributed by atoms with Gasteiger partial charge in [-0.1, -0.05) is 47.5 Å². The molecule has 0 saturated heterocycles. The lowest BCUT2D eigenvalue weighted by molar-refractivity contribution is -0.144. The molecule has 1 unspecified atom stereocenters. The van der Waals surface area contributed by atoms with Gasteiger partial charge in [-0.25, -0.2) is 0 Å². The van der Waals surface area contributed by atoms with Gasteiger partial charge in [0.1, 0.15) is 11.7 Å². The third kappa shape index (κ3) is 6.49. The maximum Gasteiger partial charge on any atom is 0.321 e.